The average molecular weight is 372 g/mol. The first kappa shape index (κ1) is 17.0. The zero-order valence-corrected chi connectivity index (χ0v) is 14.9. The highest BCUT2D eigenvalue weighted by Gasteiger charge is 2.48. The number of rotatable bonds is 3. The van der Waals surface area contributed by atoms with Crippen molar-refractivity contribution in [1.29, 1.82) is 5.26 Å². The van der Waals surface area contributed by atoms with Crippen LogP contribution in [-0.4, -0.2) is 32.9 Å². The van der Waals surface area contributed by atoms with Crippen LogP contribution in [0.1, 0.15) is 23.1 Å². The summed E-state index contributed by atoms with van der Waals surface area (Å²) >= 11 is 0. The summed E-state index contributed by atoms with van der Waals surface area (Å²) < 4.78 is 42.1. The molecule has 1 aliphatic heterocycles. The fourth-order valence-electron chi connectivity index (χ4n) is 3.50. The van der Waals surface area contributed by atoms with Crippen molar-refractivity contribution in [3.05, 3.63) is 47.3 Å². The average Bonchev–Trinajstić information content (AvgIpc) is 3.23. The standard InChI is InChI=1S/C18H16N2O5S/c1-26(21,22)16-3-2-15(25-13-8-12(9-19)10-20-11-13)14-4-5-18(17(14)16)23-6-7-24-18/h2-3,8,10-11H,4-7H2,1H3. The molecule has 4 rings (SSSR count). The number of pyridine rings is 1. The molecule has 2 heterocycles. The Morgan fingerprint density at radius 3 is 2.73 bits per heavy atom. The second-order valence-corrected chi connectivity index (χ2v) is 8.24. The quantitative estimate of drug-likeness (QED) is 0.815. The lowest BCUT2D eigenvalue weighted by molar-refractivity contribution is -0.164. The Kier molecular flexibility index (Phi) is 3.95. The zero-order chi connectivity index (χ0) is 18.4. The Morgan fingerprint density at radius 2 is 2.04 bits per heavy atom. The van der Waals surface area contributed by atoms with Gasteiger partial charge >= 0.3 is 0 Å². The Hall–Kier alpha value is -2.47. The Bertz CT molecular complexity index is 1020. The van der Waals surface area contributed by atoms with Gasteiger partial charge in [-0.1, -0.05) is 0 Å². The maximum Gasteiger partial charge on any atom is 0.196 e. The molecular weight excluding hydrogens is 356 g/mol. The van der Waals surface area contributed by atoms with Gasteiger partial charge in [0.25, 0.3) is 0 Å². The minimum Gasteiger partial charge on any atom is -0.455 e. The molecule has 1 aromatic heterocycles. The molecule has 134 valence electrons. The summed E-state index contributed by atoms with van der Waals surface area (Å²) in [4.78, 5) is 4.18. The van der Waals surface area contributed by atoms with E-state index in [0.717, 1.165) is 5.56 Å². The van der Waals surface area contributed by atoms with E-state index in [-0.39, 0.29) is 4.90 Å². The SMILES string of the molecule is CS(=O)(=O)c1ccc(Oc2cncc(C#N)c2)c2c1C1(CC2)OCCO1. The van der Waals surface area contributed by atoms with Crippen molar-refractivity contribution in [2.45, 2.75) is 23.5 Å². The van der Waals surface area contributed by atoms with E-state index in [2.05, 4.69) is 4.98 Å². The number of fused-ring (bicyclic) bond motifs is 2. The van der Waals surface area contributed by atoms with E-state index in [9.17, 15) is 8.42 Å². The van der Waals surface area contributed by atoms with E-state index in [1.54, 1.807) is 12.1 Å². The fraction of sp³-hybridized carbons (Fsp3) is 0.333. The highest BCUT2D eigenvalue weighted by atomic mass is 32.2. The summed E-state index contributed by atoms with van der Waals surface area (Å²) in [5.74, 6) is -0.104. The second-order valence-electron chi connectivity index (χ2n) is 6.26. The normalized spacial score (nSPS) is 17.8. The van der Waals surface area contributed by atoms with Crippen LogP contribution in [0.5, 0.6) is 11.5 Å². The highest BCUT2D eigenvalue weighted by molar-refractivity contribution is 7.90. The molecule has 26 heavy (non-hydrogen) atoms. The number of hydrogen-bond donors (Lipinski definition) is 0. The minimum atomic E-state index is -3.46. The van der Waals surface area contributed by atoms with Gasteiger partial charge in [0.05, 0.1) is 29.9 Å². The second kappa shape index (κ2) is 6.06. The molecule has 8 heteroatoms. The number of nitriles is 1. The van der Waals surface area contributed by atoms with Gasteiger partial charge in [0.2, 0.25) is 0 Å². The molecule has 0 radical (unpaired) electrons. The molecule has 0 atom stereocenters. The molecule has 0 bridgehead atoms. The first-order valence-electron chi connectivity index (χ1n) is 8.10. The van der Waals surface area contributed by atoms with Crippen molar-refractivity contribution in [3.8, 4) is 17.6 Å². The molecule has 7 nitrogen and oxygen atoms in total. The summed E-state index contributed by atoms with van der Waals surface area (Å²) in [6.07, 6.45) is 5.22. The number of ether oxygens (including phenoxy) is 3. The first-order valence-corrected chi connectivity index (χ1v) is 9.99. The third-order valence-corrected chi connectivity index (χ3v) is 5.68. The van der Waals surface area contributed by atoms with Gasteiger partial charge in [-0.3, -0.25) is 4.98 Å². The molecule has 2 aromatic rings. The molecule has 0 N–H and O–H groups in total. The van der Waals surface area contributed by atoms with E-state index >= 15 is 0 Å². The van der Waals surface area contributed by atoms with Gasteiger partial charge in [0, 0.05) is 36.1 Å². The third kappa shape index (κ3) is 2.74. The predicted molar refractivity (Wildman–Crippen MR) is 90.5 cm³/mol. The number of benzene rings is 1. The van der Waals surface area contributed by atoms with Crippen LogP contribution in [0.15, 0.2) is 35.5 Å². The Balaban J connectivity index is 1.84. The van der Waals surface area contributed by atoms with Crippen molar-refractivity contribution >= 4 is 9.84 Å². The molecule has 0 unspecified atom stereocenters. The van der Waals surface area contributed by atoms with Crippen LogP contribution in [0.25, 0.3) is 0 Å². The van der Waals surface area contributed by atoms with Crippen LogP contribution in [-0.2, 0) is 31.5 Å². The van der Waals surface area contributed by atoms with Crippen LogP contribution < -0.4 is 4.74 Å². The predicted octanol–water partition coefficient (Wildman–Crippen LogP) is 2.29. The summed E-state index contributed by atoms with van der Waals surface area (Å²) in [5, 5.41) is 9.00. The molecule has 2 aliphatic rings. The molecule has 1 saturated heterocycles. The van der Waals surface area contributed by atoms with E-state index in [4.69, 9.17) is 19.5 Å². The highest BCUT2D eigenvalue weighted by Crippen LogP contribution is 2.49. The van der Waals surface area contributed by atoms with Gasteiger partial charge in [-0.15, -0.1) is 0 Å². The lowest BCUT2D eigenvalue weighted by Gasteiger charge is -2.25. The van der Waals surface area contributed by atoms with Crippen LogP contribution in [0.3, 0.4) is 0 Å². The Morgan fingerprint density at radius 1 is 1.27 bits per heavy atom. The maximum atomic E-state index is 12.3. The van der Waals surface area contributed by atoms with Gasteiger partial charge in [-0.25, -0.2) is 8.42 Å². The number of nitrogens with zero attached hydrogens (tertiary/aromatic N) is 2. The van der Waals surface area contributed by atoms with Crippen molar-refractivity contribution in [1.82, 2.24) is 4.98 Å². The summed E-state index contributed by atoms with van der Waals surface area (Å²) in [5.41, 5.74) is 1.66. The van der Waals surface area contributed by atoms with Gasteiger partial charge < -0.3 is 14.2 Å². The van der Waals surface area contributed by atoms with Crippen LogP contribution in [0.4, 0.5) is 0 Å². The number of hydrogen-bond acceptors (Lipinski definition) is 7. The van der Waals surface area contributed by atoms with Crippen molar-refractivity contribution in [3.63, 3.8) is 0 Å². The maximum absolute atomic E-state index is 12.3. The topological polar surface area (TPSA) is 98.5 Å². The molecule has 1 spiro atoms. The smallest absolute Gasteiger partial charge is 0.196 e. The van der Waals surface area contributed by atoms with Crippen LogP contribution in [0.2, 0.25) is 0 Å². The van der Waals surface area contributed by atoms with Crippen LogP contribution in [0, 0.1) is 11.3 Å². The summed E-state index contributed by atoms with van der Waals surface area (Å²) in [6.45, 7) is 0.837. The molecular formula is C18H16N2O5S. The molecule has 1 aromatic carbocycles. The van der Waals surface area contributed by atoms with Gasteiger partial charge in [-0.2, -0.15) is 5.26 Å². The van der Waals surface area contributed by atoms with Crippen molar-refractivity contribution in [2.75, 3.05) is 19.5 Å². The lowest BCUT2D eigenvalue weighted by Crippen LogP contribution is -2.26. The summed E-state index contributed by atoms with van der Waals surface area (Å²) in [7, 11) is -3.46. The minimum absolute atomic E-state index is 0.197. The molecule has 0 amide bonds. The monoisotopic (exact) mass is 372 g/mol. The fourth-order valence-corrected chi connectivity index (χ4v) is 4.46. The zero-order valence-electron chi connectivity index (χ0n) is 14.1. The molecule has 1 aliphatic carbocycles. The van der Waals surface area contributed by atoms with Crippen molar-refractivity contribution < 1.29 is 22.6 Å². The van der Waals surface area contributed by atoms with Gasteiger partial charge in [0.15, 0.2) is 15.6 Å². The largest absolute Gasteiger partial charge is 0.455 e. The number of sulfone groups is 1. The van der Waals surface area contributed by atoms with Gasteiger partial charge in [-0.05, 0) is 18.6 Å². The molecule has 1 fully saturated rings. The number of aromatic nitrogens is 1. The first-order chi connectivity index (χ1) is 12.4. The van der Waals surface area contributed by atoms with Crippen molar-refractivity contribution in [2.24, 2.45) is 0 Å². The third-order valence-electron chi connectivity index (χ3n) is 4.54. The van der Waals surface area contributed by atoms with E-state index < -0.39 is 15.6 Å². The lowest BCUT2D eigenvalue weighted by atomic mass is 10.1. The van der Waals surface area contributed by atoms with E-state index in [1.165, 1.54) is 24.7 Å². The molecule has 0 saturated carbocycles. The summed E-state index contributed by atoms with van der Waals surface area (Å²) in [6, 6.07) is 6.74. The van der Waals surface area contributed by atoms with Gasteiger partial charge in [0.1, 0.15) is 17.6 Å². The van der Waals surface area contributed by atoms with Crippen LogP contribution >= 0.6 is 0 Å². The Labute approximate surface area is 151 Å². The van der Waals surface area contributed by atoms with E-state index in [1.807, 2.05) is 6.07 Å². The van der Waals surface area contributed by atoms with E-state index in [0.29, 0.717) is 48.7 Å².